The second-order valence-electron chi connectivity index (χ2n) is 6.88. The summed E-state index contributed by atoms with van der Waals surface area (Å²) in [7, 11) is 0. The Balaban J connectivity index is 1.83. The Bertz CT molecular complexity index is 990. The molecule has 9 heteroatoms. The number of nitro benzene ring substituents is 1. The maximum absolute atomic E-state index is 13.0. The van der Waals surface area contributed by atoms with E-state index in [1.54, 1.807) is 6.07 Å². The summed E-state index contributed by atoms with van der Waals surface area (Å²) in [4.78, 5) is 38.2. The van der Waals surface area contributed by atoms with Gasteiger partial charge < -0.3 is 19.2 Å². The minimum Gasteiger partial charge on any atom is -0.503 e. The maximum Gasteiger partial charge on any atom is 0.290 e. The third-order valence-corrected chi connectivity index (χ3v) is 5.15. The summed E-state index contributed by atoms with van der Waals surface area (Å²) in [5.41, 5.74) is -0.345. The van der Waals surface area contributed by atoms with Crippen molar-refractivity contribution in [3.05, 3.63) is 75.4 Å². The molecule has 0 spiro atoms. The first kappa shape index (κ1) is 18.9. The minimum absolute atomic E-state index is 0.0677. The van der Waals surface area contributed by atoms with Gasteiger partial charge in [0.1, 0.15) is 0 Å². The van der Waals surface area contributed by atoms with Gasteiger partial charge in [-0.1, -0.05) is 12.1 Å². The van der Waals surface area contributed by atoms with Gasteiger partial charge in [-0.2, -0.15) is 0 Å². The second-order valence-corrected chi connectivity index (χ2v) is 6.88. The molecule has 2 aliphatic heterocycles. The van der Waals surface area contributed by atoms with E-state index < -0.39 is 28.4 Å². The molecular weight excluding hydrogens is 380 g/mol. The molecule has 2 aromatic rings. The SMILES string of the molecule is O=C(C1=C(O)C(=O)N(C[C@@H]2CCCO2)[C@@H]1c1ccccc1[N+](=O)[O-])c1ccco1. The highest BCUT2D eigenvalue weighted by Crippen LogP contribution is 2.42. The molecule has 2 atom stereocenters. The number of nitrogens with zero attached hydrogens (tertiary/aromatic N) is 2. The van der Waals surface area contributed by atoms with Gasteiger partial charge in [-0.3, -0.25) is 19.7 Å². The van der Waals surface area contributed by atoms with Crippen LogP contribution < -0.4 is 0 Å². The van der Waals surface area contributed by atoms with Crippen molar-refractivity contribution in [3.63, 3.8) is 0 Å². The lowest BCUT2D eigenvalue weighted by atomic mass is 9.93. The van der Waals surface area contributed by atoms with E-state index in [1.807, 2.05) is 0 Å². The number of amides is 1. The monoisotopic (exact) mass is 398 g/mol. The van der Waals surface area contributed by atoms with Crippen molar-refractivity contribution < 1.29 is 28.8 Å². The molecule has 1 aromatic carbocycles. The van der Waals surface area contributed by atoms with Crippen LogP contribution in [0.15, 0.2) is 58.4 Å². The van der Waals surface area contributed by atoms with E-state index in [4.69, 9.17) is 9.15 Å². The van der Waals surface area contributed by atoms with Crippen LogP contribution in [-0.4, -0.2) is 45.9 Å². The average Bonchev–Trinajstić information content (AvgIpc) is 3.46. The predicted octanol–water partition coefficient (Wildman–Crippen LogP) is 2.95. The molecular formula is C20H18N2O7. The topological polar surface area (TPSA) is 123 Å². The van der Waals surface area contributed by atoms with Crippen LogP contribution >= 0.6 is 0 Å². The van der Waals surface area contributed by atoms with E-state index in [1.165, 1.54) is 41.5 Å². The lowest BCUT2D eigenvalue weighted by Crippen LogP contribution is -2.37. The van der Waals surface area contributed by atoms with Crippen molar-refractivity contribution in [2.75, 3.05) is 13.2 Å². The molecule has 29 heavy (non-hydrogen) atoms. The molecule has 0 saturated carbocycles. The largest absolute Gasteiger partial charge is 0.503 e. The number of aliphatic hydroxyl groups is 1. The minimum atomic E-state index is -1.12. The molecule has 0 unspecified atom stereocenters. The number of carbonyl (C=O) groups excluding carboxylic acids is 2. The molecule has 150 valence electrons. The van der Waals surface area contributed by atoms with Crippen LogP contribution in [0.4, 0.5) is 5.69 Å². The van der Waals surface area contributed by atoms with Crippen LogP contribution in [0.1, 0.15) is 35.0 Å². The second kappa shape index (κ2) is 7.51. The number of benzene rings is 1. The summed E-state index contributed by atoms with van der Waals surface area (Å²) in [5, 5.41) is 22.1. The fraction of sp³-hybridized carbons (Fsp3) is 0.300. The molecule has 2 aliphatic rings. The Hall–Kier alpha value is -3.46. The highest BCUT2D eigenvalue weighted by Gasteiger charge is 2.47. The van der Waals surface area contributed by atoms with E-state index >= 15 is 0 Å². The molecule has 9 nitrogen and oxygen atoms in total. The molecule has 1 aromatic heterocycles. The molecule has 1 fully saturated rings. The number of nitro groups is 1. The van der Waals surface area contributed by atoms with Crippen molar-refractivity contribution in [3.8, 4) is 0 Å². The number of hydrogen-bond acceptors (Lipinski definition) is 7. The van der Waals surface area contributed by atoms with Gasteiger partial charge >= 0.3 is 0 Å². The highest BCUT2D eigenvalue weighted by molar-refractivity contribution is 6.15. The van der Waals surface area contributed by atoms with Gasteiger partial charge in [0.15, 0.2) is 11.5 Å². The number of aliphatic hydroxyl groups excluding tert-OH is 1. The first-order chi connectivity index (χ1) is 14.0. The molecule has 1 N–H and O–H groups in total. The smallest absolute Gasteiger partial charge is 0.290 e. The fourth-order valence-corrected chi connectivity index (χ4v) is 3.83. The standard InChI is InChI=1S/C20H18N2O7/c23-18(15-8-4-10-29-15)16-17(13-6-1-2-7-14(13)22(26)27)21(20(25)19(16)24)11-12-5-3-9-28-12/h1-2,4,6-8,10,12,17,24H,3,5,9,11H2/t12-,17+/m0/s1. The van der Waals surface area contributed by atoms with E-state index in [0.29, 0.717) is 6.61 Å². The molecule has 0 aliphatic carbocycles. The van der Waals surface area contributed by atoms with Crippen LogP contribution in [0, 0.1) is 10.1 Å². The Morgan fingerprint density at radius 1 is 1.28 bits per heavy atom. The fourth-order valence-electron chi connectivity index (χ4n) is 3.83. The third-order valence-electron chi connectivity index (χ3n) is 5.15. The van der Waals surface area contributed by atoms with Crippen LogP contribution in [-0.2, 0) is 9.53 Å². The lowest BCUT2D eigenvalue weighted by Gasteiger charge is -2.28. The molecule has 1 saturated heterocycles. The molecule has 4 rings (SSSR count). The van der Waals surface area contributed by atoms with Crippen LogP contribution in [0.25, 0.3) is 0 Å². The lowest BCUT2D eigenvalue weighted by molar-refractivity contribution is -0.385. The molecule has 0 bridgehead atoms. The number of para-hydroxylation sites is 1. The Labute approximate surface area is 165 Å². The van der Waals surface area contributed by atoms with Crippen molar-refractivity contribution in [2.24, 2.45) is 0 Å². The van der Waals surface area contributed by atoms with Crippen LogP contribution in [0.5, 0.6) is 0 Å². The highest BCUT2D eigenvalue weighted by atomic mass is 16.6. The first-order valence-electron chi connectivity index (χ1n) is 9.16. The van der Waals surface area contributed by atoms with Gasteiger partial charge in [0.05, 0.1) is 34.5 Å². The van der Waals surface area contributed by atoms with Gasteiger partial charge in [-0.25, -0.2) is 0 Å². The van der Waals surface area contributed by atoms with Crippen LogP contribution in [0.3, 0.4) is 0 Å². The van der Waals surface area contributed by atoms with Crippen molar-refractivity contribution in [1.29, 1.82) is 0 Å². The van der Waals surface area contributed by atoms with Gasteiger partial charge in [0, 0.05) is 19.2 Å². The summed E-state index contributed by atoms with van der Waals surface area (Å²) in [6.45, 7) is 0.662. The number of ketones is 1. The number of rotatable bonds is 6. The molecule has 0 radical (unpaired) electrons. The number of Topliss-reactive ketones (excluding diaryl/α,β-unsaturated/α-hetero) is 1. The van der Waals surface area contributed by atoms with E-state index in [9.17, 15) is 24.8 Å². The summed E-state index contributed by atoms with van der Waals surface area (Å²) in [5.74, 6) is -2.26. The summed E-state index contributed by atoms with van der Waals surface area (Å²) >= 11 is 0. The van der Waals surface area contributed by atoms with E-state index in [-0.39, 0.29) is 35.2 Å². The normalized spacial score (nSPS) is 21.8. The number of ether oxygens (including phenoxy) is 1. The zero-order valence-corrected chi connectivity index (χ0v) is 15.3. The maximum atomic E-state index is 13.0. The number of hydrogen-bond donors (Lipinski definition) is 1. The Kier molecular flexibility index (Phi) is 4.89. The number of furan rings is 1. The van der Waals surface area contributed by atoms with Crippen molar-refractivity contribution in [1.82, 2.24) is 4.90 Å². The zero-order chi connectivity index (χ0) is 20.5. The van der Waals surface area contributed by atoms with Gasteiger partial charge in [0.25, 0.3) is 11.6 Å². The third kappa shape index (κ3) is 3.29. The molecule has 3 heterocycles. The Morgan fingerprint density at radius 3 is 2.72 bits per heavy atom. The summed E-state index contributed by atoms with van der Waals surface area (Å²) in [6.07, 6.45) is 2.58. The molecule has 1 amide bonds. The Morgan fingerprint density at radius 2 is 2.07 bits per heavy atom. The predicted molar refractivity (Wildman–Crippen MR) is 99.2 cm³/mol. The van der Waals surface area contributed by atoms with Gasteiger partial charge in [-0.15, -0.1) is 0 Å². The quantitative estimate of drug-likeness (QED) is 0.451. The first-order valence-corrected chi connectivity index (χ1v) is 9.16. The average molecular weight is 398 g/mol. The van der Waals surface area contributed by atoms with Crippen LogP contribution in [0.2, 0.25) is 0 Å². The van der Waals surface area contributed by atoms with Crippen molar-refractivity contribution in [2.45, 2.75) is 25.0 Å². The van der Waals surface area contributed by atoms with E-state index in [0.717, 1.165) is 12.8 Å². The van der Waals surface area contributed by atoms with E-state index in [2.05, 4.69) is 0 Å². The number of carbonyl (C=O) groups is 2. The van der Waals surface area contributed by atoms with Gasteiger partial charge in [-0.05, 0) is 31.0 Å². The van der Waals surface area contributed by atoms with Gasteiger partial charge in [0.2, 0.25) is 5.78 Å². The zero-order valence-electron chi connectivity index (χ0n) is 15.3. The summed E-state index contributed by atoms with van der Waals surface area (Å²) < 4.78 is 10.7. The summed E-state index contributed by atoms with van der Waals surface area (Å²) in [6, 6.07) is 7.66. The van der Waals surface area contributed by atoms with Crippen molar-refractivity contribution >= 4 is 17.4 Å².